The van der Waals surface area contributed by atoms with E-state index in [4.69, 9.17) is 11.6 Å². The SMILES string of the molecule is CCCN(CCC)c1cc(C(=O)Nc2cccc(Cl)c2)nc(C)n1. The van der Waals surface area contributed by atoms with E-state index in [0.717, 1.165) is 31.7 Å². The molecule has 128 valence electrons. The van der Waals surface area contributed by atoms with Crippen LogP contribution in [0.5, 0.6) is 0 Å². The number of rotatable bonds is 7. The molecule has 2 aromatic rings. The minimum absolute atomic E-state index is 0.267. The number of anilines is 2. The van der Waals surface area contributed by atoms with Crippen LogP contribution in [0.2, 0.25) is 5.02 Å². The van der Waals surface area contributed by atoms with Crippen molar-refractivity contribution in [3.63, 3.8) is 0 Å². The summed E-state index contributed by atoms with van der Waals surface area (Å²) in [4.78, 5) is 23.5. The van der Waals surface area contributed by atoms with Crippen molar-refractivity contribution in [1.29, 1.82) is 0 Å². The third kappa shape index (κ3) is 4.93. The molecule has 1 amide bonds. The Morgan fingerprint density at radius 3 is 2.50 bits per heavy atom. The molecule has 0 spiro atoms. The van der Waals surface area contributed by atoms with Gasteiger partial charge in [-0.2, -0.15) is 0 Å². The zero-order valence-electron chi connectivity index (χ0n) is 14.3. The van der Waals surface area contributed by atoms with Gasteiger partial charge in [0.05, 0.1) is 0 Å². The monoisotopic (exact) mass is 346 g/mol. The second-order valence-electron chi connectivity index (χ2n) is 5.61. The number of carbonyl (C=O) groups is 1. The van der Waals surface area contributed by atoms with Gasteiger partial charge in [0.2, 0.25) is 0 Å². The van der Waals surface area contributed by atoms with E-state index < -0.39 is 0 Å². The van der Waals surface area contributed by atoms with Gasteiger partial charge in [0.15, 0.2) is 0 Å². The Hall–Kier alpha value is -2.14. The fourth-order valence-corrected chi connectivity index (χ4v) is 2.66. The first kappa shape index (κ1) is 18.2. The Morgan fingerprint density at radius 2 is 1.88 bits per heavy atom. The highest BCUT2D eigenvalue weighted by Gasteiger charge is 2.14. The van der Waals surface area contributed by atoms with Crippen LogP contribution in [0.25, 0.3) is 0 Å². The van der Waals surface area contributed by atoms with Crippen molar-refractivity contribution in [3.8, 4) is 0 Å². The number of benzene rings is 1. The first-order valence-corrected chi connectivity index (χ1v) is 8.58. The van der Waals surface area contributed by atoms with Gasteiger partial charge in [-0.1, -0.05) is 31.5 Å². The molecular formula is C18H23ClN4O. The van der Waals surface area contributed by atoms with Crippen LogP contribution < -0.4 is 10.2 Å². The number of nitrogens with zero attached hydrogens (tertiary/aromatic N) is 3. The predicted molar refractivity (Wildman–Crippen MR) is 99.0 cm³/mol. The highest BCUT2D eigenvalue weighted by molar-refractivity contribution is 6.30. The second kappa shape index (κ2) is 8.64. The predicted octanol–water partition coefficient (Wildman–Crippen LogP) is 4.32. The fraction of sp³-hybridized carbons (Fsp3) is 0.389. The molecule has 2 rings (SSSR count). The largest absolute Gasteiger partial charge is 0.357 e. The molecule has 1 N–H and O–H groups in total. The molecule has 1 aromatic heterocycles. The van der Waals surface area contributed by atoms with Gasteiger partial charge >= 0.3 is 0 Å². The maximum Gasteiger partial charge on any atom is 0.274 e. The molecule has 5 nitrogen and oxygen atoms in total. The highest BCUT2D eigenvalue weighted by Crippen LogP contribution is 2.18. The highest BCUT2D eigenvalue weighted by atomic mass is 35.5. The summed E-state index contributed by atoms with van der Waals surface area (Å²) in [5.41, 5.74) is 0.999. The fourth-order valence-electron chi connectivity index (χ4n) is 2.47. The molecule has 0 radical (unpaired) electrons. The maximum atomic E-state index is 12.5. The van der Waals surface area contributed by atoms with Crippen molar-refractivity contribution in [2.75, 3.05) is 23.3 Å². The molecule has 6 heteroatoms. The average Bonchev–Trinajstić information content (AvgIpc) is 2.54. The third-order valence-corrected chi connectivity index (χ3v) is 3.69. The molecule has 1 heterocycles. The molecule has 0 atom stereocenters. The van der Waals surface area contributed by atoms with Gasteiger partial charge in [-0.3, -0.25) is 4.79 Å². The van der Waals surface area contributed by atoms with E-state index in [1.54, 1.807) is 37.3 Å². The van der Waals surface area contributed by atoms with Crippen LogP contribution in [-0.4, -0.2) is 29.0 Å². The van der Waals surface area contributed by atoms with Crippen LogP contribution in [0.1, 0.15) is 43.0 Å². The molecule has 0 saturated carbocycles. The molecule has 1 aromatic carbocycles. The van der Waals surface area contributed by atoms with Crippen LogP contribution in [-0.2, 0) is 0 Å². The number of aromatic nitrogens is 2. The number of halogens is 1. The van der Waals surface area contributed by atoms with E-state index in [0.29, 0.717) is 22.2 Å². The van der Waals surface area contributed by atoms with E-state index in [9.17, 15) is 4.79 Å². The summed E-state index contributed by atoms with van der Waals surface area (Å²) < 4.78 is 0. The summed E-state index contributed by atoms with van der Waals surface area (Å²) in [5, 5.41) is 3.40. The van der Waals surface area contributed by atoms with E-state index >= 15 is 0 Å². The summed E-state index contributed by atoms with van der Waals surface area (Å²) in [7, 11) is 0. The lowest BCUT2D eigenvalue weighted by Crippen LogP contribution is -2.27. The van der Waals surface area contributed by atoms with Crippen molar-refractivity contribution in [2.24, 2.45) is 0 Å². The summed E-state index contributed by atoms with van der Waals surface area (Å²) in [6.07, 6.45) is 2.04. The molecular weight excluding hydrogens is 324 g/mol. The summed E-state index contributed by atoms with van der Waals surface area (Å²) >= 11 is 5.95. The molecule has 0 aliphatic carbocycles. The van der Waals surface area contributed by atoms with Gasteiger partial charge in [-0.25, -0.2) is 9.97 Å². The Morgan fingerprint density at radius 1 is 1.17 bits per heavy atom. The van der Waals surface area contributed by atoms with Crippen LogP contribution in [0.3, 0.4) is 0 Å². The number of amides is 1. The quantitative estimate of drug-likeness (QED) is 0.811. The summed E-state index contributed by atoms with van der Waals surface area (Å²) in [6.45, 7) is 7.86. The molecule has 0 aliphatic heterocycles. The van der Waals surface area contributed by atoms with Crippen LogP contribution in [0, 0.1) is 6.92 Å². The van der Waals surface area contributed by atoms with Gasteiger partial charge in [0, 0.05) is 29.9 Å². The first-order chi connectivity index (χ1) is 11.5. The number of aryl methyl sites for hydroxylation is 1. The minimum Gasteiger partial charge on any atom is -0.357 e. The standard InChI is InChI=1S/C18H23ClN4O/c1-4-9-23(10-5-2)17-12-16(20-13(3)21-17)18(24)22-15-8-6-7-14(19)11-15/h6-8,11-12H,4-5,9-10H2,1-3H3,(H,22,24). The number of carbonyl (C=O) groups excluding carboxylic acids is 1. The zero-order valence-corrected chi connectivity index (χ0v) is 15.1. The van der Waals surface area contributed by atoms with E-state index in [1.807, 2.05) is 0 Å². The van der Waals surface area contributed by atoms with Crippen molar-refractivity contribution >= 4 is 29.0 Å². The van der Waals surface area contributed by atoms with Crippen LogP contribution in [0.15, 0.2) is 30.3 Å². The molecule has 0 saturated heterocycles. The third-order valence-electron chi connectivity index (χ3n) is 3.45. The maximum absolute atomic E-state index is 12.5. The van der Waals surface area contributed by atoms with E-state index in [2.05, 4.69) is 34.0 Å². The number of nitrogens with one attached hydrogen (secondary N) is 1. The zero-order chi connectivity index (χ0) is 17.5. The number of hydrogen-bond acceptors (Lipinski definition) is 4. The van der Waals surface area contributed by atoms with Crippen molar-refractivity contribution in [2.45, 2.75) is 33.6 Å². The molecule has 0 bridgehead atoms. The molecule has 0 fully saturated rings. The lowest BCUT2D eigenvalue weighted by Gasteiger charge is -2.23. The minimum atomic E-state index is -0.267. The Kier molecular flexibility index (Phi) is 6.55. The topological polar surface area (TPSA) is 58.1 Å². The second-order valence-corrected chi connectivity index (χ2v) is 6.05. The van der Waals surface area contributed by atoms with Crippen LogP contribution >= 0.6 is 11.6 Å². The van der Waals surface area contributed by atoms with Crippen molar-refractivity contribution in [1.82, 2.24) is 9.97 Å². The molecule has 0 aliphatic rings. The lowest BCUT2D eigenvalue weighted by atomic mass is 10.2. The van der Waals surface area contributed by atoms with Gasteiger partial charge in [0.1, 0.15) is 17.3 Å². The Bertz CT molecular complexity index is 699. The summed E-state index contributed by atoms with van der Waals surface area (Å²) in [6, 6.07) is 8.79. The summed E-state index contributed by atoms with van der Waals surface area (Å²) in [5.74, 6) is 1.11. The van der Waals surface area contributed by atoms with Crippen molar-refractivity contribution in [3.05, 3.63) is 46.9 Å². The molecule has 0 unspecified atom stereocenters. The average molecular weight is 347 g/mol. The molecule has 24 heavy (non-hydrogen) atoms. The lowest BCUT2D eigenvalue weighted by molar-refractivity contribution is 0.102. The Labute approximate surface area is 148 Å². The van der Waals surface area contributed by atoms with Gasteiger partial charge in [-0.05, 0) is 38.0 Å². The van der Waals surface area contributed by atoms with E-state index in [-0.39, 0.29) is 5.91 Å². The van der Waals surface area contributed by atoms with Crippen LogP contribution in [0.4, 0.5) is 11.5 Å². The van der Waals surface area contributed by atoms with Gasteiger partial charge in [0.25, 0.3) is 5.91 Å². The first-order valence-electron chi connectivity index (χ1n) is 8.21. The smallest absolute Gasteiger partial charge is 0.274 e. The van der Waals surface area contributed by atoms with Gasteiger partial charge < -0.3 is 10.2 Å². The van der Waals surface area contributed by atoms with E-state index in [1.165, 1.54) is 0 Å². The normalized spacial score (nSPS) is 10.5. The Balaban J connectivity index is 2.24. The van der Waals surface area contributed by atoms with Gasteiger partial charge in [-0.15, -0.1) is 0 Å². The number of hydrogen-bond donors (Lipinski definition) is 1. The van der Waals surface area contributed by atoms with Crippen molar-refractivity contribution < 1.29 is 4.79 Å².